The number of nitrogens with one attached hydrogen (secondary N) is 1. The van der Waals surface area contributed by atoms with Crippen LogP contribution >= 0.6 is 11.3 Å². The zero-order valence-corrected chi connectivity index (χ0v) is 12.0. The van der Waals surface area contributed by atoms with Crippen molar-refractivity contribution >= 4 is 11.3 Å². The molecule has 0 saturated heterocycles. The van der Waals surface area contributed by atoms with Crippen molar-refractivity contribution in [2.24, 2.45) is 0 Å². The molecule has 1 rings (SSSR count). The van der Waals surface area contributed by atoms with Crippen LogP contribution in [0, 0.1) is 0 Å². The summed E-state index contributed by atoms with van der Waals surface area (Å²) >= 11 is 1.70. The molecule has 0 amide bonds. The van der Waals surface area contributed by atoms with Crippen molar-refractivity contribution in [3.8, 4) is 0 Å². The third kappa shape index (κ3) is 8.23. The molecule has 0 bridgehead atoms. The minimum Gasteiger partial charge on any atom is -0.315 e. The summed E-state index contributed by atoms with van der Waals surface area (Å²) in [7, 11) is 0. The molecule has 0 fully saturated rings. The number of thiophene rings is 1. The van der Waals surface area contributed by atoms with Crippen LogP contribution in [-0.2, 0) is 6.42 Å². The number of alkyl halides is 3. The standard InChI is InChI=1S/C13H21F3N2S/c1-2-8-18(11-13(14,15)16)9-7-17-6-5-12-4-3-10-19-12/h3-4,10,17H,2,5-9,11H2,1H3. The summed E-state index contributed by atoms with van der Waals surface area (Å²) in [5, 5.41) is 5.23. The Morgan fingerprint density at radius 3 is 2.63 bits per heavy atom. The second-order valence-electron chi connectivity index (χ2n) is 4.47. The molecule has 0 aromatic carbocycles. The van der Waals surface area contributed by atoms with Crippen LogP contribution in [0.25, 0.3) is 0 Å². The Morgan fingerprint density at radius 1 is 1.26 bits per heavy atom. The maximum absolute atomic E-state index is 12.3. The summed E-state index contributed by atoms with van der Waals surface area (Å²) < 4.78 is 37.0. The van der Waals surface area contributed by atoms with Crippen molar-refractivity contribution in [2.45, 2.75) is 25.9 Å². The zero-order valence-electron chi connectivity index (χ0n) is 11.2. The van der Waals surface area contributed by atoms with Gasteiger partial charge in [-0.25, -0.2) is 0 Å². The predicted octanol–water partition coefficient (Wildman–Crippen LogP) is 3.15. The first-order valence-electron chi connectivity index (χ1n) is 6.53. The van der Waals surface area contributed by atoms with Gasteiger partial charge in [-0.05, 0) is 30.8 Å². The maximum atomic E-state index is 12.3. The van der Waals surface area contributed by atoms with E-state index in [0.29, 0.717) is 19.6 Å². The minimum absolute atomic E-state index is 0.442. The third-order valence-electron chi connectivity index (χ3n) is 2.68. The molecule has 0 spiro atoms. The molecule has 0 radical (unpaired) electrons. The van der Waals surface area contributed by atoms with Gasteiger partial charge < -0.3 is 5.32 Å². The minimum atomic E-state index is -4.11. The molecule has 0 saturated carbocycles. The quantitative estimate of drug-likeness (QED) is 0.704. The lowest BCUT2D eigenvalue weighted by Crippen LogP contribution is -2.39. The number of hydrogen-bond donors (Lipinski definition) is 1. The summed E-state index contributed by atoms with van der Waals surface area (Å²) in [4.78, 5) is 2.76. The molecule has 1 heterocycles. The van der Waals surface area contributed by atoms with Crippen LogP contribution in [0.15, 0.2) is 17.5 Å². The Morgan fingerprint density at radius 2 is 2.05 bits per heavy atom. The van der Waals surface area contributed by atoms with Crippen molar-refractivity contribution < 1.29 is 13.2 Å². The first-order valence-corrected chi connectivity index (χ1v) is 7.41. The molecular weight excluding hydrogens is 273 g/mol. The molecule has 1 aromatic heterocycles. The van der Waals surface area contributed by atoms with Gasteiger partial charge in [-0.2, -0.15) is 13.2 Å². The van der Waals surface area contributed by atoms with Crippen LogP contribution in [0.1, 0.15) is 18.2 Å². The second-order valence-corrected chi connectivity index (χ2v) is 5.50. The van der Waals surface area contributed by atoms with Crippen LogP contribution < -0.4 is 5.32 Å². The van der Waals surface area contributed by atoms with E-state index < -0.39 is 12.7 Å². The Labute approximate surface area is 116 Å². The smallest absolute Gasteiger partial charge is 0.315 e. The highest BCUT2D eigenvalue weighted by molar-refractivity contribution is 7.09. The van der Waals surface area contributed by atoms with Gasteiger partial charge in [0.15, 0.2) is 0 Å². The lowest BCUT2D eigenvalue weighted by atomic mass is 10.3. The Kier molecular flexibility index (Phi) is 7.41. The van der Waals surface area contributed by atoms with Crippen LogP contribution in [0.3, 0.4) is 0 Å². The number of rotatable bonds is 9. The number of nitrogens with zero attached hydrogens (tertiary/aromatic N) is 1. The van der Waals surface area contributed by atoms with Gasteiger partial charge in [0.05, 0.1) is 6.54 Å². The van der Waals surface area contributed by atoms with Crippen LogP contribution in [0.2, 0.25) is 0 Å². The van der Waals surface area contributed by atoms with Gasteiger partial charge in [-0.15, -0.1) is 11.3 Å². The van der Waals surface area contributed by atoms with Crippen LogP contribution in [0.4, 0.5) is 13.2 Å². The molecule has 19 heavy (non-hydrogen) atoms. The number of halogens is 3. The van der Waals surface area contributed by atoms with E-state index >= 15 is 0 Å². The van der Waals surface area contributed by atoms with E-state index in [1.807, 2.05) is 18.4 Å². The summed E-state index contributed by atoms with van der Waals surface area (Å²) in [5.74, 6) is 0. The van der Waals surface area contributed by atoms with Crippen molar-refractivity contribution in [3.05, 3.63) is 22.4 Å². The first-order chi connectivity index (χ1) is 9.01. The fraction of sp³-hybridized carbons (Fsp3) is 0.692. The monoisotopic (exact) mass is 294 g/mol. The topological polar surface area (TPSA) is 15.3 Å². The van der Waals surface area contributed by atoms with Gasteiger partial charge in [0.25, 0.3) is 0 Å². The van der Waals surface area contributed by atoms with Crippen LogP contribution in [0.5, 0.6) is 0 Å². The average molecular weight is 294 g/mol. The zero-order chi connectivity index (χ0) is 14.1. The average Bonchev–Trinajstić information content (AvgIpc) is 2.79. The van der Waals surface area contributed by atoms with Gasteiger partial charge in [0, 0.05) is 24.5 Å². The van der Waals surface area contributed by atoms with E-state index in [2.05, 4.69) is 11.4 Å². The largest absolute Gasteiger partial charge is 0.401 e. The first kappa shape index (κ1) is 16.5. The summed E-state index contributed by atoms with van der Waals surface area (Å²) in [6, 6.07) is 4.08. The Bertz CT molecular complexity index is 325. The molecule has 0 aliphatic rings. The van der Waals surface area contributed by atoms with Gasteiger partial charge in [-0.1, -0.05) is 13.0 Å². The van der Waals surface area contributed by atoms with Gasteiger partial charge in [0.1, 0.15) is 0 Å². The summed E-state index contributed by atoms with van der Waals surface area (Å²) in [5.41, 5.74) is 0. The third-order valence-corrected chi connectivity index (χ3v) is 3.61. The Hall–Kier alpha value is -0.590. The molecule has 6 heteroatoms. The fourth-order valence-electron chi connectivity index (χ4n) is 1.87. The highest BCUT2D eigenvalue weighted by atomic mass is 32.1. The van der Waals surface area contributed by atoms with E-state index in [0.717, 1.165) is 19.4 Å². The Balaban J connectivity index is 2.13. The molecule has 1 N–H and O–H groups in total. The predicted molar refractivity (Wildman–Crippen MR) is 73.7 cm³/mol. The fourth-order valence-corrected chi connectivity index (χ4v) is 2.58. The van der Waals surface area contributed by atoms with E-state index in [1.165, 1.54) is 9.78 Å². The molecule has 110 valence electrons. The van der Waals surface area contributed by atoms with Crippen molar-refractivity contribution in [1.82, 2.24) is 10.2 Å². The number of hydrogen-bond acceptors (Lipinski definition) is 3. The molecule has 1 aromatic rings. The van der Waals surface area contributed by atoms with Gasteiger partial charge in [-0.3, -0.25) is 4.90 Å². The van der Waals surface area contributed by atoms with Crippen LogP contribution in [-0.4, -0.2) is 43.8 Å². The van der Waals surface area contributed by atoms with Crippen molar-refractivity contribution in [1.29, 1.82) is 0 Å². The van der Waals surface area contributed by atoms with E-state index in [4.69, 9.17) is 0 Å². The van der Waals surface area contributed by atoms with E-state index in [1.54, 1.807) is 11.3 Å². The molecule has 0 aliphatic carbocycles. The maximum Gasteiger partial charge on any atom is 0.401 e. The molecule has 2 nitrogen and oxygen atoms in total. The normalized spacial score (nSPS) is 12.3. The van der Waals surface area contributed by atoms with Gasteiger partial charge >= 0.3 is 6.18 Å². The lowest BCUT2D eigenvalue weighted by molar-refractivity contribution is -0.145. The lowest BCUT2D eigenvalue weighted by Gasteiger charge is -2.23. The van der Waals surface area contributed by atoms with Gasteiger partial charge in [0.2, 0.25) is 0 Å². The van der Waals surface area contributed by atoms with E-state index in [9.17, 15) is 13.2 Å². The highest BCUT2D eigenvalue weighted by Gasteiger charge is 2.29. The van der Waals surface area contributed by atoms with Crippen molar-refractivity contribution in [2.75, 3.05) is 32.7 Å². The van der Waals surface area contributed by atoms with Crippen molar-refractivity contribution in [3.63, 3.8) is 0 Å². The summed E-state index contributed by atoms with van der Waals surface area (Å²) in [6.07, 6.45) is -2.43. The highest BCUT2D eigenvalue weighted by Crippen LogP contribution is 2.16. The molecule has 0 atom stereocenters. The molecular formula is C13H21F3N2S. The molecule has 0 unspecified atom stereocenters. The second kappa shape index (κ2) is 8.55. The summed E-state index contributed by atoms with van der Waals surface area (Å²) in [6.45, 7) is 3.43. The SMILES string of the molecule is CCCN(CCNCCc1cccs1)CC(F)(F)F. The van der Waals surface area contributed by atoms with E-state index in [-0.39, 0.29) is 0 Å². The molecule has 0 aliphatic heterocycles.